The number of hydrogen-bond donors (Lipinski definition) is 0. The molecule has 164 valence electrons. The molecule has 0 spiro atoms. The molecular weight excluding hydrogens is 398 g/mol. The average molecular weight is 444 g/mol. The molecule has 0 N–H and O–H groups in total. The van der Waals surface area contributed by atoms with Crippen molar-refractivity contribution >= 4 is 39.5 Å². The van der Waals surface area contributed by atoms with Gasteiger partial charge < -0.3 is 8.99 Å². The first-order valence-corrected chi connectivity index (χ1v) is 17.1. The summed E-state index contributed by atoms with van der Waals surface area (Å²) in [7, 11) is -3.91. The fraction of sp³-hybridized carbons (Fsp3) is 0.909. The zero-order chi connectivity index (χ0) is 22.5. The molecule has 0 saturated carbocycles. The monoisotopic (exact) mass is 443 g/mol. The molecule has 28 heavy (non-hydrogen) atoms. The standard InChI is InChI=1S/C22H45NO2SSi2/c1-14-17(26)15(2)19-18(16(3)25-28(12,13)22(7,8)9)20(24)23(19)27(10,11)21(4,5)6/h15-16,18-19H,14H2,1-13H3/t15-,16+,18+,19+/m0/s1. The van der Waals surface area contributed by atoms with E-state index in [4.69, 9.17) is 16.6 Å². The van der Waals surface area contributed by atoms with E-state index in [-0.39, 0.29) is 40.0 Å². The molecular formula is C22H45NO2SSi2. The lowest BCUT2D eigenvalue weighted by molar-refractivity contribution is -0.156. The van der Waals surface area contributed by atoms with E-state index in [1.807, 2.05) is 0 Å². The van der Waals surface area contributed by atoms with Gasteiger partial charge in [-0.15, -0.1) is 0 Å². The third-order valence-electron chi connectivity index (χ3n) is 7.79. The SMILES string of the molecule is CCC(=S)[C@H](C)[C@@H]1[C@@H]([C@@H](C)O[Si](C)(C)C(C)(C)C)C(=O)N1[Si](C)(C)C(C)(C)C. The lowest BCUT2D eigenvalue weighted by Gasteiger charge is -2.61. The lowest BCUT2D eigenvalue weighted by Crippen LogP contribution is -2.76. The highest BCUT2D eigenvalue weighted by atomic mass is 32.1. The zero-order valence-electron chi connectivity index (χ0n) is 20.7. The molecule has 0 aromatic rings. The number of nitrogens with zero attached hydrogens (tertiary/aromatic N) is 1. The number of hydrogen-bond acceptors (Lipinski definition) is 3. The van der Waals surface area contributed by atoms with E-state index in [2.05, 4.69) is 93.1 Å². The Morgan fingerprint density at radius 2 is 1.54 bits per heavy atom. The van der Waals surface area contributed by atoms with Crippen LogP contribution in [0.4, 0.5) is 0 Å². The molecule has 1 saturated heterocycles. The minimum atomic E-state index is -1.97. The second-order valence-corrected chi connectivity index (χ2v) is 22.1. The first-order valence-electron chi connectivity index (χ1n) is 10.8. The van der Waals surface area contributed by atoms with E-state index in [1.54, 1.807) is 0 Å². The van der Waals surface area contributed by atoms with Gasteiger partial charge in [0.1, 0.15) is 0 Å². The van der Waals surface area contributed by atoms with Crippen LogP contribution < -0.4 is 0 Å². The van der Waals surface area contributed by atoms with Crippen molar-refractivity contribution in [2.75, 3.05) is 0 Å². The van der Waals surface area contributed by atoms with Crippen LogP contribution in [0, 0.1) is 11.8 Å². The smallest absolute Gasteiger partial charge is 0.222 e. The highest BCUT2D eigenvalue weighted by molar-refractivity contribution is 7.80. The van der Waals surface area contributed by atoms with Gasteiger partial charge >= 0.3 is 0 Å². The second kappa shape index (κ2) is 8.24. The van der Waals surface area contributed by atoms with Crippen LogP contribution >= 0.6 is 12.2 Å². The molecule has 1 heterocycles. The minimum Gasteiger partial charge on any atom is -0.413 e. The predicted molar refractivity (Wildman–Crippen MR) is 131 cm³/mol. The van der Waals surface area contributed by atoms with Crippen LogP contribution in [0.15, 0.2) is 0 Å². The topological polar surface area (TPSA) is 29.5 Å². The van der Waals surface area contributed by atoms with E-state index >= 15 is 0 Å². The van der Waals surface area contributed by atoms with Gasteiger partial charge in [0, 0.05) is 12.0 Å². The van der Waals surface area contributed by atoms with Gasteiger partial charge in [0.25, 0.3) is 0 Å². The molecule has 0 radical (unpaired) electrons. The number of amides is 1. The molecule has 4 atom stereocenters. The summed E-state index contributed by atoms with van der Waals surface area (Å²) in [6.45, 7) is 29.2. The first-order chi connectivity index (χ1) is 12.3. The molecule has 6 heteroatoms. The Labute approximate surface area is 182 Å². The van der Waals surface area contributed by atoms with Crippen LogP contribution in [-0.2, 0) is 9.22 Å². The van der Waals surface area contributed by atoms with Gasteiger partial charge in [0.2, 0.25) is 5.91 Å². The van der Waals surface area contributed by atoms with Crippen LogP contribution in [0.5, 0.6) is 0 Å². The van der Waals surface area contributed by atoms with Crippen molar-refractivity contribution in [3.63, 3.8) is 0 Å². The summed E-state index contributed by atoms with van der Waals surface area (Å²) >= 11 is 5.72. The minimum absolute atomic E-state index is 0.0680. The van der Waals surface area contributed by atoms with Gasteiger partial charge in [-0.1, -0.05) is 80.7 Å². The molecule has 0 aromatic carbocycles. The van der Waals surface area contributed by atoms with Crippen LogP contribution in [-0.4, -0.2) is 44.0 Å². The molecule has 0 aliphatic carbocycles. The molecule has 1 aliphatic heterocycles. The van der Waals surface area contributed by atoms with Gasteiger partial charge in [-0.3, -0.25) is 4.79 Å². The number of thiocarbonyl (C=S) groups is 1. The van der Waals surface area contributed by atoms with Crippen molar-refractivity contribution in [3.05, 3.63) is 0 Å². The first kappa shape index (κ1) is 26.0. The Bertz CT molecular complexity index is 605. The third-order valence-corrected chi connectivity index (χ3v) is 18.4. The van der Waals surface area contributed by atoms with E-state index < -0.39 is 16.6 Å². The van der Waals surface area contributed by atoms with Crippen molar-refractivity contribution in [2.45, 2.75) is 117 Å². The van der Waals surface area contributed by atoms with Gasteiger partial charge in [0.15, 0.2) is 16.6 Å². The summed E-state index contributed by atoms with van der Waals surface area (Å²) in [6, 6.07) is 0.167. The van der Waals surface area contributed by atoms with Crippen LogP contribution in [0.2, 0.25) is 36.3 Å². The fourth-order valence-corrected chi connectivity index (χ4v) is 7.90. The average Bonchev–Trinajstić information content (AvgIpc) is 2.47. The molecule has 1 aliphatic rings. The summed E-state index contributed by atoms with van der Waals surface area (Å²) in [5.74, 6) is 0.429. The summed E-state index contributed by atoms with van der Waals surface area (Å²) < 4.78 is 8.94. The van der Waals surface area contributed by atoms with Gasteiger partial charge in [-0.25, -0.2) is 0 Å². The van der Waals surface area contributed by atoms with Crippen molar-refractivity contribution in [3.8, 4) is 0 Å². The maximum absolute atomic E-state index is 13.5. The molecule has 3 nitrogen and oxygen atoms in total. The normalized spacial score (nSPS) is 24.0. The molecule has 0 unspecified atom stereocenters. The zero-order valence-corrected chi connectivity index (χ0v) is 23.5. The fourth-order valence-electron chi connectivity index (χ4n) is 3.78. The highest BCUT2D eigenvalue weighted by Gasteiger charge is 2.61. The Morgan fingerprint density at radius 1 is 1.07 bits per heavy atom. The third kappa shape index (κ3) is 4.65. The van der Waals surface area contributed by atoms with Crippen molar-refractivity contribution in [2.24, 2.45) is 11.8 Å². The number of rotatable bonds is 7. The molecule has 0 bridgehead atoms. The summed E-state index contributed by atoms with van der Waals surface area (Å²) in [4.78, 5) is 14.6. The summed E-state index contributed by atoms with van der Waals surface area (Å²) in [6.07, 6.45) is 0.818. The Kier molecular flexibility index (Phi) is 7.64. The van der Waals surface area contributed by atoms with Gasteiger partial charge in [-0.2, -0.15) is 0 Å². The van der Waals surface area contributed by atoms with E-state index in [0.717, 1.165) is 11.3 Å². The van der Waals surface area contributed by atoms with Crippen molar-refractivity contribution in [1.82, 2.24) is 4.57 Å². The predicted octanol–water partition coefficient (Wildman–Crippen LogP) is 6.64. The summed E-state index contributed by atoms with van der Waals surface area (Å²) in [5, 5.41) is 0.246. The van der Waals surface area contributed by atoms with Crippen molar-refractivity contribution in [1.29, 1.82) is 0 Å². The molecule has 1 amide bonds. The number of carbonyl (C=O) groups excluding carboxylic acids is 1. The highest BCUT2D eigenvalue weighted by Crippen LogP contribution is 2.49. The maximum atomic E-state index is 13.5. The molecule has 0 aromatic heterocycles. The Hall–Kier alpha value is -0.0462. The maximum Gasteiger partial charge on any atom is 0.222 e. The van der Waals surface area contributed by atoms with Gasteiger partial charge in [0.05, 0.1) is 12.0 Å². The van der Waals surface area contributed by atoms with E-state index in [9.17, 15) is 4.79 Å². The van der Waals surface area contributed by atoms with E-state index in [0.29, 0.717) is 0 Å². The van der Waals surface area contributed by atoms with Crippen LogP contribution in [0.3, 0.4) is 0 Å². The largest absolute Gasteiger partial charge is 0.413 e. The molecule has 1 rings (SSSR count). The Morgan fingerprint density at radius 3 is 1.89 bits per heavy atom. The molecule has 1 fully saturated rings. The van der Waals surface area contributed by atoms with Crippen molar-refractivity contribution < 1.29 is 9.22 Å². The number of carbonyl (C=O) groups is 1. The summed E-state index contributed by atoms with van der Waals surface area (Å²) in [5.41, 5.74) is 0. The Balaban J connectivity index is 3.28. The van der Waals surface area contributed by atoms with Gasteiger partial charge in [-0.05, 0) is 41.4 Å². The number of β-lactam (4-membered cyclic amide) rings is 1. The quantitative estimate of drug-likeness (QED) is 0.251. The van der Waals surface area contributed by atoms with E-state index in [1.165, 1.54) is 0 Å². The van der Waals surface area contributed by atoms with Crippen LogP contribution in [0.25, 0.3) is 0 Å². The second-order valence-electron chi connectivity index (χ2n) is 11.7. The lowest BCUT2D eigenvalue weighted by atomic mass is 9.77. The van der Waals surface area contributed by atoms with Crippen LogP contribution in [0.1, 0.15) is 68.7 Å².